The predicted molar refractivity (Wildman–Crippen MR) is 68.7 cm³/mol. The number of hydrogen-bond donors (Lipinski definition) is 2. The van der Waals surface area contributed by atoms with Gasteiger partial charge in [0.2, 0.25) is 0 Å². The molecule has 0 aromatic carbocycles. The minimum atomic E-state index is -0.981. The van der Waals surface area contributed by atoms with Gasteiger partial charge in [-0.25, -0.2) is 4.79 Å². The molecule has 0 unspecified atom stereocenters. The van der Waals surface area contributed by atoms with Crippen LogP contribution in [0, 0.1) is 0 Å². The number of aliphatic hydroxyl groups is 1. The number of hydrogen-bond acceptors (Lipinski definition) is 4. The zero-order valence-corrected chi connectivity index (χ0v) is 10.4. The molecule has 0 aromatic heterocycles. The van der Waals surface area contributed by atoms with Crippen LogP contribution in [0.2, 0.25) is 0 Å². The van der Waals surface area contributed by atoms with Crippen LogP contribution in [0.5, 0.6) is 0 Å². The zero-order valence-electron chi connectivity index (χ0n) is 9.63. The average molecular weight is 265 g/mol. The van der Waals surface area contributed by atoms with Crippen LogP contribution < -0.4 is 0 Å². The fraction of sp³-hybridized carbons (Fsp3) is 0.0909. The summed E-state index contributed by atoms with van der Waals surface area (Å²) in [6.45, 7) is 13.5. The summed E-state index contributed by atoms with van der Waals surface area (Å²) in [6, 6.07) is 0. The number of carbonyl (C=O) groups is 2. The lowest BCUT2D eigenvalue weighted by Crippen LogP contribution is -1.87. The number of esters is 1. The maximum Gasteiger partial charge on any atom is 0.327 e. The van der Waals surface area contributed by atoms with E-state index in [1.165, 1.54) is 12.5 Å². The number of carboxylic acids is 1. The highest BCUT2D eigenvalue weighted by Crippen LogP contribution is 1.70. The number of aliphatic hydroxyl groups excluding tert-OH is 1. The van der Waals surface area contributed by atoms with Crippen molar-refractivity contribution in [3.8, 4) is 0 Å². The number of carbonyl (C=O) groups excluding carboxylic acids is 1. The molecule has 0 saturated heterocycles. The highest BCUT2D eigenvalue weighted by atomic mass is 35.5. The summed E-state index contributed by atoms with van der Waals surface area (Å²) < 4.78 is 4.17. The fourth-order valence-corrected chi connectivity index (χ4v) is 0.117. The van der Waals surface area contributed by atoms with Crippen molar-refractivity contribution in [1.29, 1.82) is 0 Å². The van der Waals surface area contributed by atoms with Crippen molar-refractivity contribution in [2.45, 2.75) is 6.92 Å². The van der Waals surface area contributed by atoms with E-state index in [9.17, 15) is 9.59 Å². The Morgan fingerprint density at radius 2 is 1.47 bits per heavy atom. The van der Waals surface area contributed by atoms with E-state index in [4.69, 9.17) is 21.8 Å². The highest BCUT2D eigenvalue weighted by Gasteiger charge is 1.79. The molecule has 0 aliphatic carbocycles. The van der Waals surface area contributed by atoms with Crippen molar-refractivity contribution in [2.75, 3.05) is 0 Å². The van der Waals surface area contributed by atoms with Crippen molar-refractivity contribution >= 4 is 23.5 Å². The van der Waals surface area contributed by atoms with Gasteiger partial charge in [-0.3, -0.25) is 4.79 Å². The summed E-state index contributed by atoms with van der Waals surface area (Å²) >= 11 is 4.76. The third kappa shape index (κ3) is 225. The van der Waals surface area contributed by atoms with Gasteiger partial charge < -0.3 is 14.9 Å². The molecule has 0 aromatic rings. The Morgan fingerprint density at radius 3 is 1.47 bits per heavy atom. The summed E-state index contributed by atoms with van der Waals surface area (Å²) in [7, 11) is 0. The first-order chi connectivity index (χ1) is 7.87. The quantitative estimate of drug-likeness (QED) is 0.455. The van der Waals surface area contributed by atoms with Gasteiger partial charge in [-0.1, -0.05) is 37.9 Å². The largest absolute Gasteiger partial charge is 0.516 e. The SMILES string of the molecule is C=CC(=O)O.C=CCl.C=CO.C=COC(C)=O. The van der Waals surface area contributed by atoms with Crippen LogP contribution in [0.15, 0.2) is 50.5 Å². The first-order valence-corrected chi connectivity index (χ1v) is 4.41. The molecular weight excluding hydrogens is 248 g/mol. The van der Waals surface area contributed by atoms with E-state index >= 15 is 0 Å². The molecule has 5 nitrogen and oxygen atoms in total. The van der Waals surface area contributed by atoms with E-state index < -0.39 is 5.97 Å². The van der Waals surface area contributed by atoms with E-state index in [-0.39, 0.29) is 5.97 Å². The van der Waals surface area contributed by atoms with Crippen LogP contribution in [0.1, 0.15) is 6.92 Å². The van der Waals surface area contributed by atoms with Crippen LogP contribution in [0.4, 0.5) is 0 Å². The van der Waals surface area contributed by atoms with Crippen LogP contribution in [-0.2, 0) is 14.3 Å². The van der Waals surface area contributed by atoms with Crippen LogP contribution in [0.3, 0.4) is 0 Å². The molecule has 0 aliphatic heterocycles. The van der Waals surface area contributed by atoms with E-state index in [1.54, 1.807) is 0 Å². The lowest BCUT2D eigenvalue weighted by Gasteiger charge is -1.83. The number of carboxylic acid groups (broad SMARTS) is 1. The second-order valence-electron chi connectivity index (χ2n) is 1.66. The Bertz CT molecular complexity index is 230. The van der Waals surface area contributed by atoms with Gasteiger partial charge >= 0.3 is 11.9 Å². The Hall–Kier alpha value is -2.01. The average Bonchev–Trinajstić information content (AvgIpc) is 2.20. The Morgan fingerprint density at radius 1 is 1.24 bits per heavy atom. The molecule has 0 spiro atoms. The number of rotatable bonds is 2. The molecule has 0 radical (unpaired) electrons. The van der Waals surface area contributed by atoms with Gasteiger partial charge in [0.05, 0.1) is 12.5 Å². The van der Waals surface area contributed by atoms with Gasteiger partial charge in [0.15, 0.2) is 0 Å². The molecule has 2 N–H and O–H groups in total. The molecule has 0 rings (SSSR count). The first kappa shape index (κ1) is 24.3. The lowest BCUT2D eigenvalue weighted by atomic mass is 10.7. The Labute approximate surface area is 106 Å². The van der Waals surface area contributed by atoms with Crippen molar-refractivity contribution in [3.05, 3.63) is 50.5 Å². The van der Waals surface area contributed by atoms with Gasteiger partial charge in [0.1, 0.15) is 0 Å². The van der Waals surface area contributed by atoms with E-state index in [0.717, 1.165) is 18.6 Å². The van der Waals surface area contributed by atoms with Crippen LogP contribution in [0.25, 0.3) is 0 Å². The smallest absolute Gasteiger partial charge is 0.327 e. The summed E-state index contributed by atoms with van der Waals surface area (Å²) in [6.07, 6.45) is 2.68. The molecule has 98 valence electrons. The number of aliphatic carboxylic acids is 1. The van der Waals surface area contributed by atoms with E-state index in [2.05, 4.69) is 31.1 Å². The van der Waals surface area contributed by atoms with E-state index in [1.807, 2.05) is 0 Å². The lowest BCUT2D eigenvalue weighted by molar-refractivity contribution is -0.135. The summed E-state index contributed by atoms with van der Waals surface area (Å²) in [5.41, 5.74) is 1.22. The molecule has 0 atom stereocenters. The molecule has 0 heterocycles. The highest BCUT2D eigenvalue weighted by molar-refractivity contribution is 6.25. The van der Waals surface area contributed by atoms with Crippen molar-refractivity contribution in [2.24, 2.45) is 0 Å². The normalized spacial score (nSPS) is 5.76. The van der Waals surface area contributed by atoms with Crippen molar-refractivity contribution in [3.63, 3.8) is 0 Å². The van der Waals surface area contributed by atoms with E-state index in [0.29, 0.717) is 0 Å². The minimum Gasteiger partial charge on any atom is -0.516 e. The number of halogens is 1. The molecule has 0 bridgehead atoms. The maximum atomic E-state index is 9.75. The van der Waals surface area contributed by atoms with Gasteiger partial charge in [0, 0.05) is 13.0 Å². The van der Waals surface area contributed by atoms with Crippen molar-refractivity contribution in [1.82, 2.24) is 0 Å². The van der Waals surface area contributed by atoms with Gasteiger partial charge in [-0.2, -0.15) is 0 Å². The second kappa shape index (κ2) is 29.2. The topological polar surface area (TPSA) is 83.8 Å². The Kier molecular flexibility index (Phi) is 41.7. The molecule has 0 fully saturated rings. The molecular formula is C11H17ClO5. The Balaban J connectivity index is -0.0000000698. The second-order valence-corrected chi connectivity index (χ2v) is 1.96. The summed E-state index contributed by atoms with van der Waals surface area (Å²) in [4.78, 5) is 19.0. The molecule has 0 saturated carbocycles. The van der Waals surface area contributed by atoms with Crippen LogP contribution >= 0.6 is 11.6 Å². The van der Waals surface area contributed by atoms with Gasteiger partial charge in [0.25, 0.3) is 0 Å². The maximum absolute atomic E-state index is 9.75. The van der Waals surface area contributed by atoms with Gasteiger partial charge in [-0.15, -0.1) is 0 Å². The van der Waals surface area contributed by atoms with Crippen molar-refractivity contribution < 1.29 is 24.5 Å². The monoisotopic (exact) mass is 264 g/mol. The molecule has 0 amide bonds. The zero-order chi connectivity index (χ0) is 14.7. The molecule has 17 heavy (non-hydrogen) atoms. The molecule has 6 heteroatoms. The predicted octanol–water partition coefficient (Wildman–Crippen LogP) is 3.01. The van der Waals surface area contributed by atoms with Crippen LogP contribution in [-0.4, -0.2) is 22.2 Å². The van der Waals surface area contributed by atoms with Gasteiger partial charge in [-0.05, 0) is 5.54 Å². The summed E-state index contributed by atoms with van der Waals surface area (Å²) in [5, 5.41) is 14.9. The fourth-order valence-electron chi connectivity index (χ4n) is 0.117. The molecule has 0 aliphatic rings. The third-order valence-electron chi connectivity index (χ3n) is 0.424. The third-order valence-corrected chi connectivity index (χ3v) is 0.424. The first-order valence-electron chi connectivity index (χ1n) is 3.97. The minimum absolute atomic E-state index is 0.329. The summed E-state index contributed by atoms with van der Waals surface area (Å²) in [5.74, 6) is -1.31. The number of ether oxygens (including phenoxy) is 1. The standard InChI is InChI=1S/C4H6O2.C3H4O2.C2H3Cl.C2H4O/c1-3-6-4(2)5;1-2-3(4)5;2*1-2-3/h3H,1H2,2H3;2H,1H2,(H,4,5);2H,1H2;2-3H,1H2.